The molecule has 0 spiro atoms. The highest BCUT2D eigenvalue weighted by molar-refractivity contribution is 6.52. The zero-order valence-electron chi connectivity index (χ0n) is 8.56. The maximum Gasteiger partial charge on any atom is 0.301 e. The first-order chi connectivity index (χ1) is 7.16. The Morgan fingerprint density at radius 3 is 2.60 bits per heavy atom. The summed E-state index contributed by atoms with van der Waals surface area (Å²) < 4.78 is 5.06. The molecule has 1 aromatic rings. The minimum Gasteiger partial charge on any atom is -0.361 e. The molecule has 1 amide bonds. The van der Waals surface area contributed by atoms with Crippen molar-refractivity contribution >= 4 is 17.4 Å². The molecule has 15 heavy (non-hydrogen) atoms. The summed E-state index contributed by atoms with van der Waals surface area (Å²) in [6, 6.07) is 6.93. The molecule has 4 nitrogen and oxygen atoms in total. The van der Waals surface area contributed by atoms with E-state index in [1.165, 1.54) is 12.0 Å². The Morgan fingerprint density at radius 2 is 1.93 bits per heavy atom. The second-order valence-corrected chi connectivity index (χ2v) is 3.36. The quantitative estimate of drug-likeness (QED) is 0.682. The smallest absolute Gasteiger partial charge is 0.301 e. The van der Waals surface area contributed by atoms with Crippen LogP contribution >= 0.6 is 0 Å². The van der Waals surface area contributed by atoms with E-state index in [1.807, 2.05) is 0 Å². The van der Waals surface area contributed by atoms with Gasteiger partial charge in [0.25, 0.3) is 5.78 Å². The van der Waals surface area contributed by atoms with Crippen LogP contribution in [-0.2, 0) is 9.53 Å². The summed E-state index contributed by atoms with van der Waals surface area (Å²) in [7, 11) is 1.50. The van der Waals surface area contributed by atoms with Gasteiger partial charge in [-0.1, -0.05) is 12.1 Å². The number of carbonyl (C=O) groups excluding carboxylic acids is 2. The van der Waals surface area contributed by atoms with Crippen LogP contribution in [0, 0.1) is 0 Å². The number of ether oxygens (including phenoxy) is 1. The Bertz CT molecular complexity index is 428. The lowest BCUT2D eigenvalue weighted by Gasteiger charge is -2.22. The van der Waals surface area contributed by atoms with Crippen molar-refractivity contribution in [3.63, 3.8) is 0 Å². The number of hydrogen-bond acceptors (Lipinski definition) is 3. The fourth-order valence-electron chi connectivity index (χ4n) is 1.68. The largest absolute Gasteiger partial charge is 0.361 e. The van der Waals surface area contributed by atoms with Gasteiger partial charge in [-0.25, -0.2) is 0 Å². The lowest BCUT2D eigenvalue weighted by atomic mass is 10.1. The van der Waals surface area contributed by atoms with E-state index in [4.69, 9.17) is 4.74 Å². The molecule has 1 heterocycles. The van der Waals surface area contributed by atoms with Crippen molar-refractivity contribution in [1.82, 2.24) is 0 Å². The van der Waals surface area contributed by atoms with Gasteiger partial charge in [-0.15, -0.1) is 0 Å². The number of methoxy groups -OCH3 is 1. The van der Waals surface area contributed by atoms with E-state index in [2.05, 4.69) is 0 Å². The first-order valence-electron chi connectivity index (χ1n) is 4.66. The van der Waals surface area contributed by atoms with Gasteiger partial charge in [0.1, 0.15) is 6.23 Å². The van der Waals surface area contributed by atoms with E-state index in [0.717, 1.165) is 0 Å². The highest BCUT2D eigenvalue weighted by Crippen LogP contribution is 2.30. The third kappa shape index (κ3) is 1.34. The number of ketones is 1. The van der Waals surface area contributed by atoms with Crippen molar-refractivity contribution in [3.8, 4) is 0 Å². The lowest BCUT2D eigenvalue weighted by Crippen LogP contribution is -2.38. The summed E-state index contributed by atoms with van der Waals surface area (Å²) in [6.07, 6.45) is -0.426. The molecule has 0 aromatic heterocycles. The zero-order valence-corrected chi connectivity index (χ0v) is 8.56. The molecule has 1 aliphatic rings. The van der Waals surface area contributed by atoms with Gasteiger partial charge in [-0.2, -0.15) is 0 Å². The van der Waals surface area contributed by atoms with Crippen LogP contribution < -0.4 is 4.90 Å². The second-order valence-electron chi connectivity index (χ2n) is 3.36. The summed E-state index contributed by atoms with van der Waals surface area (Å²) in [5.41, 5.74) is 1.08. The second kappa shape index (κ2) is 3.47. The number of amides is 1. The fourth-order valence-corrected chi connectivity index (χ4v) is 1.68. The van der Waals surface area contributed by atoms with Gasteiger partial charge in [0, 0.05) is 7.11 Å². The van der Waals surface area contributed by atoms with Crippen LogP contribution in [0.4, 0.5) is 5.69 Å². The Morgan fingerprint density at radius 1 is 1.27 bits per heavy atom. The molecule has 78 valence electrons. The SMILES string of the molecule is COC(C)N1C(=O)C(=O)c2ccccc21. The van der Waals surface area contributed by atoms with Crippen LogP contribution in [0.3, 0.4) is 0 Å². The molecule has 1 aromatic carbocycles. The normalized spacial score (nSPS) is 16.8. The van der Waals surface area contributed by atoms with E-state index in [9.17, 15) is 9.59 Å². The number of para-hydroxylation sites is 1. The van der Waals surface area contributed by atoms with Crippen molar-refractivity contribution in [1.29, 1.82) is 0 Å². The van der Waals surface area contributed by atoms with E-state index >= 15 is 0 Å². The molecule has 0 N–H and O–H groups in total. The highest BCUT2D eigenvalue weighted by atomic mass is 16.5. The summed E-state index contributed by atoms with van der Waals surface area (Å²) in [4.78, 5) is 24.6. The van der Waals surface area contributed by atoms with Crippen molar-refractivity contribution in [2.24, 2.45) is 0 Å². The van der Waals surface area contributed by atoms with Gasteiger partial charge in [0.15, 0.2) is 0 Å². The molecule has 0 radical (unpaired) electrons. The highest BCUT2D eigenvalue weighted by Gasteiger charge is 2.38. The molecule has 0 fully saturated rings. The molecule has 1 aliphatic heterocycles. The minimum absolute atomic E-state index is 0.426. The summed E-state index contributed by atoms with van der Waals surface area (Å²) in [5, 5.41) is 0. The van der Waals surface area contributed by atoms with Crippen LogP contribution in [0.25, 0.3) is 0 Å². The number of fused-ring (bicyclic) bond motifs is 1. The first-order valence-corrected chi connectivity index (χ1v) is 4.66. The van der Waals surface area contributed by atoms with E-state index in [0.29, 0.717) is 11.3 Å². The van der Waals surface area contributed by atoms with E-state index in [1.54, 1.807) is 31.2 Å². The minimum atomic E-state index is -0.523. The number of benzene rings is 1. The van der Waals surface area contributed by atoms with Gasteiger partial charge in [-0.05, 0) is 19.1 Å². The average molecular weight is 205 g/mol. The molecule has 0 aliphatic carbocycles. The molecule has 0 bridgehead atoms. The van der Waals surface area contributed by atoms with Crippen LogP contribution in [0.2, 0.25) is 0 Å². The standard InChI is InChI=1S/C11H11NO3/c1-7(15-2)12-9-6-4-3-5-8(9)10(13)11(12)14/h3-7H,1-2H3. The van der Waals surface area contributed by atoms with E-state index in [-0.39, 0.29) is 0 Å². The number of Topliss-reactive ketones (excluding diaryl/α,β-unsaturated/α-hetero) is 1. The fraction of sp³-hybridized carbons (Fsp3) is 0.273. The molecule has 0 saturated carbocycles. The molecule has 1 unspecified atom stereocenters. The first kappa shape index (κ1) is 9.86. The number of carbonyl (C=O) groups is 2. The molecule has 0 saturated heterocycles. The van der Waals surface area contributed by atoms with Crippen LogP contribution in [-0.4, -0.2) is 25.0 Å². The van der Waals surface area contributed by atoms with Gasteiger partial charge < -0.3 is 4.74 Å². The topological polar surface area (TPSA) is 46.6 Å². The van der Waals surface area contributed by atoms with Gasteiger partial charge in [-0.3, -0.25) is 14.5 Å². The Labute approximate surface area is 87.4 Å². The lowest BCUT2D eigenvalue weighted by molar-refractivity contribution is -0.116. The van der Waals surface area contributed by atoms with Crippen LogP contribution in [0.1, 0.15) is 17.3 Å². The van der Waals surface area contributed by atoms with Crippen molar-refractivity contribution in [2.45, 2.75) is 13.2 Å². The zero-order chi connectivity index (χ0) is 11.0. The number of nitrogens with zero attached hydrogens (tertiary/aromatic N) is 1. The van der Waals surface area contributed by atoms with E-state index < -0.39 is 17.9 Å². The Balaban J connectivity index is 2.51. The van der Waals surface area contributed by atoms with Gasteiger partial charge in [0.05, 0.1) is 11.3 Å². The third-order valence-electron chi connectivity index (χ3n) is 2.53. The molecule has 4 heteroatoms. The molecular weight excluding hydrogens is 194 g/mol. The summed E-state index contributed by atoms with van der Waals surface area (Å²) >= 11 is 0. The average Bonchev–Trinajstić information content (AvgIpc) is 2.52. The third-order valence-corrected chi connectivity index (χ3v) is 2.53. The van der Waals surface area contributed by atoms with Crippen molar-refractivity contribution in [3.05, 3.63) is 29.8 Å². The Hall–Kier alpha value is -1.68. The van der Waals surface area contributed by atoms with Gasteiger partial charge in [0.2, 0.25) is 0 Å². The van der Waals surface area contributed by atoms with Crippen LogP contribution in [0.15, 0.2) is 24.3 Å². The summed E-state index contributed by atoms with van der Waals surface area (Å²) in [6.45, 7) is 1.73. The molecule has 1 atom stereocenters. The Kier molecular flexibility index (Phi) is 2.28. The van der Waals surface area contributed by atoms with Crippen molar-refractivity contribution in [2.75, 3.05) is 12.0 Å². The van der Waals surface area contributed by atoms with Crippen molar-refractivity contribution < 1.29 is 14.3 Å². The monoisotopic (exact) mass is 205 g/mol. The van der Waals surface area contributed by atoms with Crippen LogP contribution in [0.5, 0.6) is 0 Å². The number of anilines is 1. The number of rotatable bonds is 2. The molecular formula is C11H11NO3. The predicted octanol–water partition coefficient (Wildman–Crippen LogP) is 1.21. The predicted molar refractivity (Wildman–Crippen MR) is 54.7 cm³/mol. The number of hydrogen-bond donors (Lipinski definition) is 0. The molecule has 2 rings (SSSR count). The van der Waals surface area contributed by atoms with Gasteiger partial charge >= 0.3 is 5.91 Å². The maximum atomic E-state index is 11.7. The maximum absolute atomic E-state index is 11.7. The summed E-state index contributed by atoms with van der Waals surface area (Å²) in [5.74, 6) is -0.986.